The fourth-order valence-corrected chi connectivity index (χ4v) is 3.38. The molecule has 0 radical (unpaired) electrons. The zero-order chi connectivity index (χ0) is 14.7. The molecule has 21 heavy (non-hydrogen) atoms. The third-order valence-corrected chi connectivity index (χ3v) is 4.54. The highest BCUT2D eigenvalue weighted by Gasteiger charge is 2.22. The van der Waals surface area contributed by atoms with Gasteiger partial charge >= 0.3 is 0 Å². The molecule has 1 unspecified atom stereocenters. The van der Waals surface area contributed by atoms with Gasteiger partial charge in [-0.1, -0.05) is 24.6 Å². The molecule has 0 spiro atoms. The summed E-state index contributed by atoms with van der Waals surface area (Å²) in [5.74, 6) is 0. The number of hydrogen-bond donors (Lipinski definition) is 0. The zero-order valence-corrected chi connectivity index (χ0v) is 13.0. The molecule has 1 aliphatic rings. The van der Waals surface area contributed by atoms with Crippen LogP contribution in [0.25, 0.3) is 10.9 Å². The van der Waals surface area contributed by atoms with Gasteiger partial charge in [-0.25, -0.2) is 0 Å². The molecular weight excluding hydrogens is 260 g/mol. The van der Waals surface area contributed by atoms with Crippen LogP contribution in [0.1, 0.15) is 30.4 Å². The molecule has 112 valence electrons. The van der Waals surface area contributed by atoms with Crippen molar-refractivity contribution in [1.29, 1.82) is 0 Å². The summed E-state index contributed by atoms with van der Waals surface area (Å²) in [4.78, 5) is 7.12. The molecule has 0 saturated carbocycles. The van der Waals surface area contributed by atoms with E-state index in [0.29, 0.717) is 6.04 Å². The van der Waals surface area contributed by atoms with Crippen molar-refractivity contribution in [3.63, 3.8) is 0 Å². The summed E-state index contributed by atoms with van der Waals surface area (Å²) < 4.78 is 5.40. The molecule has 1 atom stereocenters. The van der Waals surface area contributed by atoms with Gasteiger partial charge < -0.3 is 4.74 Å². The average Bonchev–Trinajstić information content (AvgIpc) is 2.52. The Hall–Kier alpha value is -1.45. The second kappa shape index (κ2) is 6.54. The number of nitrogens with zero attached hydrogens (tertiary/aromatic N) is 2. The maximum absolute atomic E-state index is 5.40. The number of fused-ring (bicyclic) bond motifs is 1. The van der Waals surface area contributed by atoms with E-state index in [1.165, 1.54) is 42.3 Å². The number of benzene rings is 1. The SMILES string of the molecule is COCC1CCCCN1Cc1ccc(C)c2ncccc12. The van der Waals surface area contributed by atoms with Crippen molar-refractivity contribution in [2.75, 3.05) is 20.3 Å². The largest absolute Gasteiger partial charge is 0.383 e. The normalized spacial score (nSPS) is 20.0. The minimum atomic E-state index is 0.553. The number of methoxy groups -OCH3 is 1. The van der Waals surface area contributed by atoms with E-state index in [1.54, 1.807) is 7.11 Å². The van der Waals surface area contributed by atoms with Crippen LogP contribution in [-0.2, 0) is 11.3 Å². The molecular formula is C18H24N2O. The predicted molar refractivity (Wildman–Crippen MR) is 86.4 cm³/mol. The minimum absolute atomic E-state index is 0.553. The first-order valence-electron chi connectivity index (χ1n) is 7.86. The van der Waals surface area contributed by atoms with Crippen molar-refractivity contribution in [2.45, 2.75) is 38.8 Å². The summed E-state index contributed by atoms with van der Waals surface area (Å²) in [5, 5.41) is 1.29. The molecule has 0 amide bonds. The molecule has 0 bridgehead atoms. The van der Waals surface area contributed by atoms with Gasteiger partial charge in [0.1, 0.15) is 0 Å². The first-order valence-corrected chi connectivity index (χ1v) is 7.86. The molecule has 2 aromatic rings. The van der Waals surface area contributed by atoms with E-state index in [9.17, 15) is 0 Å². The van der Waals surface area contributed by atoms with Crippen molar-refractivity contribution in [3.05, 3.63) is 41.6 Å². The van der Waals surface area contributed by atoms with E-state index in [1.807, 2.05) is 12.3 Å². The van der Waals surface area contributed by atoms with Crippen LogP contribution in [0.5, 0.6) is 0 Å². The second-order valence-corrected chi connectivity index (χ2v) is 6.02. The minimum Gasteiger partial charge on any atom is -0.383 e. The highest BCUT2D eigenvalue weighted by atomic mass is 16.5. The zero-order valence-electron chi connectivity index (χ0n) is 13.0. The van der Waals surface area contributed by atoms with Gasteiger partial charge in [-0.15, -0.1) is 0 Å². The van der Waals surface area contributed by atoms with Crippen molar-refractivity contribution < 1.29 is 4.74 Å². The van der Waals surface area contributed by atoms with E-state index in [0.717, 1.165) is 18.7 Å². The lowest BCUT2D eigenvalue weighted by atomic mass is 9.99. The molecule has 2 heterocycles. The second-order valence-electron chi connectivity index (χ2n) is 6.02. The van der Waals surface area contributed by atoms with Gasteiger partial charge in [-0.2, -0.15) is 0 Å². The van der Waals surface area contributed by atoms with E-state index in [-0.39, 0.29) is 0 Å². The van der Waals surface area contributed by atoms with Crippen LogP contribution < -0.4 is 0 Å². The van der Waals surface area contributed by atoms with Crippen LogP contribution in [0.2, 0.25) is 0 Å². The summed E-state index contributed by atoms with van der Waals surface area (Å²) in [6.07, 6.45) is 5.74. The van der Waals surface area contributed by atoms with E-state index in [4.69, 9.17) is 4.74 Å². The molecule has 1 aliphatic heterocycles. The Morgan fingerprint density at radius 1 is 1.29 bits per heavy atom. The molecule has 1 aromatic heterocycles. The Labute approximate surface area is 126 Å². The first-order chi connectivity index (χ1) is 10.3. The number of aromatic nitrogens is 1. The molecule has 1 aromatic carbocycles. The lowest BCUT2D eigenvalue weighted by molar-refractivity contribution is 0.0603. The lowest BCUT2D eigenvalue weighted by Gasteiger charge is -2.35. The average molecular weight is 284 g/mol. The smallest absolute Gasteiger partial charge is 0.0734 e. The highest BCUT2D eigenvalue weighted by Crippen LogP contribution is 2.25. The van der Waals surface area contributed by atoms with Crippen molar-refractivity contribution in [2.24, 2.45) is 0 Å². The van der Waals surface area contributed by atoms with Crippen LogP contribution in [-0.4, -0.2) is 36.2 Å². The number of likely N-dealkylation sites (tertiary alicyclic amines) is 1. The van der Waals surface area contributed by atoms with Gasteiger partial charge in [0, 0.05) is 31.3 Å². The highest BCUT2D eigenvalue weighted by molar-refractivity contribution is 5.84. The Balaban J connectivity index is 1.88. The third kappa shape index (κ3) is 3.09. The summed E-state index contributed by atoms with van der Waals surface area (Å²) in [6.45, 7) is 5.13. The van der Waals surface area contributed by atoms with Gasteiger partial charge in [0.2, 0.25) is 0 Å². The molecule has 0 aliphatic carbocycles. The van der Waals surface area contributed by atoms with E-state index < -0.39 is 0 Å². The van der Waals surface area contributed by atoms with E-state index in [2.05, 4.69) is 35.0 Å². The van der Waals surface area contributed by atoms with Gasteiger partial charge in [-0.05, 0) is 43.5 Å². The number of ether oxygens (including phenoxy) is 1. The Morgan fingerprint density at radius 2 is 2.19 bits per heavy atom. The van der Waals surface area contributed by atoms with Crippen LogP contribution >= 0.6 is 0 Å². The van der Waals surface area contributed by atoms with Gasteiger partial charge in [-0.3, -0.25) is 9.88 Å². The number of piperidine rings is 1. The molecule has 1 saturated heterocycles. The fraction of sp³-hybridized carbons (Fsp3) is 0.500. The van der Waals surface area contributed by atoms with Crippen LogP contribution in [0, 0.1) is 6.92 Å². The third-order valence-electron chi connectivity index (χ3n) is 4.54. The fourth-order valence-electron chi connectivity index (χ4n) is 3.38. The number of aryl methyl sites for hydroxylation is 1. The van der Waals surface area contributed by atoms with Gasteiger partial charge in [0.25, 0.3) is 0 Å². The van der Waals surface area contributed by atoms with Crippen LogP contribution in [0.15, 0.2) is 30.5 Å². The standard InChI is InChI=1S/C18H24N2O/c1-14-8-9-15(17-7-5-10-19-18(14)17)12-20-11-4-3-6-16(20)13-21-2/h5,7-10,16H,3-4,6,11-13H2,1-2H3. The van der Waals surface area contributed by atoms with E-state index >= 15 is 0 Å². The Bertz CT molecular complexity index is 609. The number of hydrogen-bond acceptors (Lipinski definition) is 3. The molecule has 3 heteroatoms. The molecule has 3 rings (SSSR count). The van der Waals surface area contributed by atoms with Crippen molar-refractivity contribution in [3.8, 4) is 0 Å². The summed E-state index contributed by atoms with van der Waals surface area (Å²) in [5.41, 5.74) is 3.77. The lowest BCUT2D eigenvalue weighted by Crippen LogP contribution is -2.41. The predicted octanol–water partition coefficient (Wildman–Crippen LogP) is 3.54. The molecule has 0 N–H and O–H groups in total. The Morgan fingerprint density at radius 3 is 3.05 bits per heavy atom. The summed E-state index contributed by atoms with van der Waals surface area (Å²) >= 11 is 0. The van der Waals surface area contributed by atoms with Gasteiger partial charge in [0.15, 0.2) is 0 Å². The van der Waals surface area contributed by atoms with Gasteiger partial charge in [0.05, 0.1) is 12.1 Å². The maximum Gasteiger partial charge on any atom is 0.0734 e. The topological polar surface area (TPSA) is 25.4 Å². The Kier molecular flexibility index (Phi) is 4.51. The summed E-state index contributed by atoms with van der Waals surface area (Å²) in [7, 11) is 1.80. The quantitative estimate of drug-likeness (QED) is 0.858. The van der Waals surface area contributed by atoms with Crippen LogP contribution in [0.4, 0.5) is 0 Å². The van der Waals surface area contributed by atoms with Crippen molar-refractivity contribution >= 4 is 10.9 Å². The number of rotatable bonds is 4. The molecule has 3 nitrogen and oxygen atoms in total. The van der Waals surface area contributed by atoms with Crippen molar-refractivity contribution in [1.82, 2.24) is 9.88 Å². The first kappa shape index (κ1) is 14.5. The monoisotopic (exact) mass is 284 g/mol. The maximum atomic E-state index is 5.40. The number of pyridine rings is 1. The molecule has 1 fully saturated rings. The summed E-state index contributed by atoms with van der Waals surface area (Å²) in [6, 6.07) is 9.24. The van der Waals surface area contributed by atoms with Crippen LogP contribution in [0.3, 0.4) is 0 Å².